The third-order valence-corrected chi connectivity index (χ3v) is 6.46. The van der Waals surface area contributed by atoms with Crippen molar-refractivity contribution in [3.63, 3.8) is 0 Å². The summed E-state index contributed by atoms with van der Waals surface area (Å²) in [6.07, 6.45) is 4.93. The lowest BCUT2D eigenvalue weighted by atomic mass is 9.96. The smallest absolute Gasteiger partial charge is 0.246 e. The molecule has 0 radical (unpaired) electrons. The predicted octanol–water partition coefficient (Wildman–Crippen LogP) is 2.65. The Hall–Kier alpha value is -1.96. The molecule has 2 amide bonds. The van der Waals surface area contributed by atoms with E-state index in [0.29, 0.717) is 50.6 Å². The number of rotatable bonds is 6. The zero-order valence-electron chi connectivity index (χ0n) is 18.0. The van der Waals surface area contributed by atoms with Crippen LogP contribution in [0.2, 0.25) is 5.02 Å². The van der Waals surface area contributed by atoms with Gasteiger partial charge in [0, 0.05) is 45.2 Å². The summed E-state index contributed by atoms with van der Waals surface area (Å²) in [4.78, 5) is 30.8. The fourth-order valence-electron chi connectivity index (χ4n) is 4.02. The zero-order chi connectivity index (χ0) is 22.4. The van der Waals surface area contributed by atoms with Crippen molar-refractivity contribution >= 4 is 29.5 Å². The maximum atomic E-state index is 13.3. The Morgan fingerprint density at radius 1 is 1.26 bits per heavy atom. The molecule has 0 aromatic heterocycles. The number of carbonyl (C=O) groups excluding carboxylic acids is 2. The summed E-state index contributed by atoms with van der Waals surface area (Å²) in [6.45, 7) is 6.67. The molecule has 0 unspecified atom stereocenters. The van der Waals surface area contributed by atoms with Gasteiger partial charge < -0.3 is 19.8 Å². The molecule has 3 rings (SSSR count). The average molecular weight is 452 g/mol. The molecule has 2 atom stereocenters. The summed E-state index contributed by atoms with van der Waals surface area (Å²) in [5.74, 6) is -0.258. The highest BCUT2D eigenvalue weighted by Crippen LogP contribution is 2.18. The van der Waals surface area contributed by atoms with Gasteiger partial charge in [0.1, 0.15) is 5.82 Å². The largest absolute Gasteiger partial charge is 0.392 e. The van der Waals surface area contributed by atoms with Gasteiger partial charge in [0.05, 0.1) is 11.1 Å². The highest BCUT2D eigenvalue weighted by atomic mass is 35.5. The van der Waals surface area contributed by atoms with Crippen molar-refractivity contribution in [2.75, 3.05) is 45.8 Å². The first-order valence-electron chi connectivity index (χ1n) is 10.9. The Labute approximate surface area is 188 Å². The van der Waals surface area contributed by atoms with Crippen molar-refractivity contribution in [3.8, 4) is 0 Å². The first-order chi connectivity index (χ1) is 14.8. The van der Waals surface area contributed by atoms with Gasteiger partial charge in [0.25, 0.3) is 0 Å². The molecule has 0 saturated carbocycles. The first-order valence-corrected chi connectivity index (χ1v) is 11.3. The third kappa shape index (κ3) is 6.76. The minimum Gasteiger partial charge on any atom is -0.392 e. The molecule has 1 N–H and O–H groups in total. The van der Waals surface area contributed by atoms with Crippen molar-refractivity contribution in [1.82, 2.24) is 14.7 Å². The number of likely N-dealkylation sites (tertiary alicyclic amines) is 1. The quantitative estimate of drug-likeness (QED) is 0.675. The van der Waals surface area contributed by atoms with Crippen LogP contribution in [-0.2, 0) is 9.59 Å². The Kier molecular flexibility index (Phi) is 8.46. The van der Waals surface area contributed by atoms with Crippen molar-refractivity contribution in [2.45, 2.75) is 32.3 Å². The highest BCUT2D eigenvalue weighted by molar-refractivity contribution is 6.30. The topological polar surface area (TPSA) is 64.1 Å². The van der Waals surface area contributed by atoms with Crippen molar-refractivity contribution in [1.29, 1.82) is 0 Å². The maximum absolute atomic E-state index is 13.3. The fraction of sp³-hybridized carbons (Fsp3) is 0.565. The second-order valence-corrected chi connectivity index (χ2v) is 8.86. The van der Waals surface area contributed by atoms with Crippen LogP contribution in [0, 0.1) is 11.7 Å². The molecular weight excluding hydrogens is 421 g/mol. The van der Waals surface area contributed by atoms with E-state index in [2.05, 4.69) is 11.8 Å². The highest BCUT2D eigenvalue weighted by Gasteiger charge is 2.25. The second-order valence-electron chi connectivity index (χ2n) is 8.45. The predicted molar refractivity (Wildman–Crippen MR) is 119 cm³/mol. The number of nitrogens with zero attached hydrogens (tertiary/aromatic N) is 3. The molecular formula is C23H31ClFN3O3. The molecule has 0 spiro atoms. The van der Waals surface area contributed by atoms with Gasteiger partial charge in [-0.15, -0.1) is 0 Å². The normalized spacial score (nSPS) is 23.4. The molecule has 2 fully saturated rings. The summed E-state index contributed by atoms with van der Waals surface area (Å²) in [7, 11) is 0. The monoisotopic (exact) mass is 451 g/mol. The van der Waals surface area contributed by atoms with Gasteiger partial charge in [-0.2, -0.15) is 0 Å². The number of hydrogen-bond donors (Lipinski definition) is 1. The number of aliphatic hydroxyl groups excluding tert-OH is 1. The van der Waals surface area contributed by atoms with Crippen molar-refractivity contribution in [3.05, 3.63) is 40.7 Å². The van der Waals surface area contributed by atoms with Gasteiger partial charge in [-0.05, 0) is 55.6 Å². The number of halogens is 2. The number of β-amino-alcohol motifs (C(OH)–C–C–N with tert-alkyl or cyclic N) is 1. The Morgan fingerprint density at radius 3 is 2.81 bits per heavy atom. The van der Waals surface area contributed by atoms with Crippen molar-refractivity contribution < 1.29 is 19.1 Å². The molecule has 0 bridgehead atoms. The maximum Gasteiger partial charge on any atom is 0.246 e. The minimum absolute atomic E-state index is 0.0131. The van der Waals surface area contributed by atoms with Crippen LogP contribution in [0.5, 0.6) is 0 Å². The molecule has 170 valence electrons. The number of piperidine rings is 1. The summed E-state index contributed by atoms with van der Waals surface area (Å²) in [5.41, 5.74) is 0.643. The van der Waals surface area contributed by atoms with Crippen molar-refractivity contribution in [2.24, 2.45) is 5.92 Å². The molecule has 2 aliphatic heterocycles. The number of hydrogen-bond acceptors (Lipinski definition) is 4. The lowest BCUT2D eigenvalue weighted by Crippen LogP contribution is -2.44. The van der Waals surface area contributed by atoms with E-state index >= 15 is 0 Å². The lowest BCUT2D eigenvalue weighted by molar-refractivity contribution is -0.130. The van der Waals surface area contributed by atoms with E-state index in [1.807, 2.05) is 4.90 Å². The van der Waals surface area contributed by atoms with Gasteiger partial charge in [0.2, 0.25) is 11.8 Å². The number of carbonyl (C=O) groups is 2. The Balaban J connectivity index is 1.45. The van der Waals surface area contributed by atoms with Crippen LogP contribution < -0.4 is 0 Å². The number of amides is 2. The van der Waals surface area contributed by atoms with Crippen LogP contribution in [-0.4, -0.2) is 83.5 Å². The van der Waals surface area contributed by atoms with Crippen LogP contribution in [0.1, 0.15) is 31.7 Å². The van der Waals surface area contributed by atoms with E-state index in [4.69, 9.17) is 11.6 Å². The summed E-state index contributed by atoms with van der Waals surface area (Å²) < 4.78 is 13.3. The molecule has 2 aliphatic rings. The van der Waals surface area contributed by atoms with Crippen LogP contribution in [0.15, 0.2) is 24.3 Å². The van der Waals surface area contributed by atoms with Crippen LogP contribution in [0.3, 0.4) is 0 Å². The fourth-order valence-corrected chi connectivity index (χ4v) is 4.20. The molecule has 31 heavy (non-hydrogen) atoms. The molecule has 1 aromatic rings. The molecule has 2 saturated heterocycles. The van der Waals surface area contributed by atoms with Crippen LogP contribution >= 0.6 is 11.6 Å². The van der Waals surface area contributed by atoms with E-state index in [-0.39, 0.29) is 22.9 Å². The van der Waals surface area contributed by atoms with E-state index in [0.717, 1.165) is 25.9 Å². The summed E-state index contributed by atoms with van der Waals surface area (Å²) in [5, 5.41) is 10.0. The van der Waals surface area contributed by atoms with Crippen LogP contribution in [0.25, 0.3) is 6.08 Å². The summed E-state index contributed by atoms with van der Waals surface area (Å²) >= 11 is 5.77. The van der Waals surface area contributed by atoms with Crippen LogP contribution in [0.4, 0.5) is 4.39 Å². The minimum atomic E-state index is -0.498. The van der Waals surface area contributed by atoms with Gasteiger partial charge in [0.15, 0.2) is 0 Å². The average Bonchev–Trinajstić information content (AvgIpc) is 2.93. The standard InChI is InChI=1S/C23H31ClFN3O3/c1-17-7-11-26(16-21(17)29)9-2-10-27-13-14-28(12-8-23(27)31)22(30)6-4-18-3-5-20(25)19(24)15-18/h3-6,15,17,21,29H,2,7-14,16H2,1H3/b6-4+/t17-,21+/m1/s1. The second kappa shape index (κ2) is 11.1. The molecule has 1 aromatic carbocycles. The lowest BCUT2D eigenvalue weighted by Gasteiger charge is -2.34. The number of benzene rings is 1. The molecule has 8 heteroatoms. The molecule has 6 nitrogen and oxygen atoms in total. The van der Waals surface area contributed by atoms with E-state index in [1.165, 1.54) is 18.2 Å². The first kappa shape index (κ1) is 23.7. The van der Waals surface area contributed by atoms with E-state index in [1.54, 1.807) is 17.0 Å². The third-order valence-electron chi connectivity index (χ3n) is 6.17. The Bertz CT molecular complexity index is 819. The SMILES string of the molecule is C[C@@H]1CCN(CCCN2CCN(C(=O)/C=C/c3ccc(F)c(Cl)c3)CCC2=O)C[C@@H]1O. The zero-order valence-corrected chi connectivity index (χ0v) is 18.7. The molecule has 0 aliphatic carbocycles. The van der Waals surface area contributed by atoms with E-state index < -0.39 is 5.82 Å². The molecule has 2 heterocycles. The van der Waals surface area contributed by atoms with Gasteiger partial charge in [-0.3, -0.25) is 9.59 Å². The van der Waals surface area contributed by atoms with E-state index in [9.17, 15) is 19.1 Å². The summed E-state index contributed by atoms with van der Waals surface area (Å²) in [6, 6.07) is 4.29. The van der Waals surface area contributed by atoms with Gasteiger partial charge in [-0.1, -0.05) is 24.6 Å². The van der Waals surface area contributed by atoms with Gasteiger partial charge >= 0.3 is 0 Å². The van der Waals surface area contributed by atoms with Gasteiger partial charge in [-0.25, -0.2) is 4.39 Å². The number of aliphatic hydroxyl groups is 1. The Morgan fingerprint density at radius 2 is 2.06 bits per heavy atom.